The van der Waals surface area contributed by atoms with Crippen molar-refractivity contribution in [2.24, 2.45) is 0 Å². The Morgan fingerprint density at radius 2 is 1.72 bits per heavy atom. The minimum atomic E-state index is -0.647. The first kappa shape index (κ1) is 13.7. The van der Waals surface area contributed by atoms with Crippen molar-refractivity contribution in [2.75, 3.05) is 0 Å². The number of rotatable bonds is 6. The quantitative estimate of drug-likeness (QED) is 0.249. The van der Waals surface area contributed by atoms with Gasteiger partial charge in [-0.1, -0.05) is 30.3 Å². The standard InChI is InChI=1S/C13H12N2O3/c1-9(16)7-8-11(17)12(15-14)13(18)10-5-3-2-4-6-10/h2-6H,7-8H2,1H3. The first-order chi connectivity index (χ1) is 8.56. The summed E-state index contributed by atoms with van der Waals surface area (Å²) in [5.74, 6) is -1.44. The van der Waals surface area contributed by atoms with E-state index >= 15 is 0 Å². The number of Topliss-reactive ketones (excluding diaryl/α,β-unsaturated/α-hetero) is 3. The van der Waals surface area contributed by atoms with Crippen LogP contribution in [0.25, 0.3) is 5.53 Å². The van der Waals surface area contributed by atoms with Gasteiger partial charge in [-0.3, -0.25) is 9.59 Å². The van der Waals surface area contributed by atoms with E-state index in [1.54, 1.807) is 18.2 Å². The lowest BCUT2D eigenvalue weighted by Gasteiger charge is -1.96. The third-order valence-corrected chi connectivity index (χ3v) is 2.32. The van der Waals surface area contributed by atoms with Crippen molar-refractivity contribution in [3.05, 3.63) is 41.4 Å². The van der Waals surface area contributed by atoms with Crippen LogP contribution in [0, 0.1) is 0 Å². The summed E-state index contributed by atoms with van der Waals surface area (Å²) in [6.07, 6.45) is -0.104. The smallest absolute Gasteiger partial charge is 0.360 e. The van der Waals surface area contributed by atoms with Gasteiger partial charge in [0.05, 0.1) is 0 Å². The van der Waals surface area contributed by atoms with Gasteiger partial charge in [-0.05, 0) is 6.92 Å². The maximum Gasteiger partial charge on any atom is 0.405 e. The van der Waals surface area contributed by atoms with E-state index in [1.807, 2.05) is 0 Å². The van der Waals surface area contributed by atoms with Crippen molar-refractivity contribution in [3.8, 4) is 0 Å². The average Bonchev–Trinajstić information content (AvgIpc) is 2.38. The monoisotopic (exact) mass is 244 g/mol. The molecule has 0 bridgehead atoms. The van der Waals surface area contributed by atoms with Gasteiger partial charge in [0, 0.05) is 18.4 Å². The van der Waals surface area contributed by atoms with Crippen LogP contribution in [-0.4, -0.2) is 27.9 Å². The third-order valence-electron chi connectivity index (χ3n) is 2.32. The predicted molar refractivity (Wildman–Crippen MR) is 64.3 cm³/mol. The molecule has 0 aliphatic carbocycles. The first-order valence-corrected chi connectivity index (χ1v) is 5.40. The summed E-state index contributed by atoms with van der Waals surface area (Å²) < 4.78 is 0. The van der Waals surface area contributed by atoms with Crippen LogP contribution in [0.1, 0.15) is 30.1 Å². The molecule has 18 heavy (non-hydrogen) atoms. The second-order valence-electron chi connectivity index (χ2n) is 3.77. The highest BCUT2D eigenvalue weighted by molar-refractivity contribution is 6.67. The van der Waals surface area contributed by atoms with E-state index in [0.29, 0.717) is 0 Å². The van der Waals surface area contributed by atoms with E-state index in [4.69, 9.17) is 5.53 Å². The normalized spacial score (nSPS) is 9.39. The molecule has 5 heteroatoms. The van der Waals surface area contributed by atoms with Crippen LogP contribution in [0.15, 0.2) is 30.3 Å². The molecule has 0 aliphatic rings. The number of benzene rings is 1. The van der Waals surface area contributed by atoms with Crippen LogP contribution in [0.3, 0.4) is 0 Å². The van der Waals surface area contributed by atoms with E-state index in [1.165, 1.54) is 19.1 Å². The van der Waals surface area contributed by atoms with Gasteiger partial charge in [0.2, 0.25) is 5.78 Å². The van der Waals surface area contributed by atoms with E-state index < -0.39 is 17.3 Å². The molecular weight excluding hydrogens is 232 g/mol. The Bertz CT molecular complexity index is 528. The highest BCUT2D eigenvalue weighted by atomic mass is 16.2. The van der Waals surface area contributed by atoms with Crippen molar-refractivity contribution in [2.45, 2.75) is 19.8 Å². The van der Waals surface area contributed by atoms with Gasteiger partial charge in [-0.25, -0.2) is 0 Å². The molecule has 0 atom stereocenters. The zero-order valence-corrected chi connectivity index (χ0v) is 9.92. The molecule has 1 aromatic carbocycles. The number of carbonyl (C=O) groups excluding carboxylic acids is 3. The highest BCUT2D eigenvalue weighted by Gasteiger charge is 2.29. The number of hydrogen-bond donors (Lipinski definition) is 0. The molecule has 92 valence electrons. The van der Waals surface area contributed by atoms with Crippen molar-refractivity contribution in [1.29, 1.82) is 0 Å². The number of nitrogens with zero attached hydrogens (tertiary/aromatic N) is 2. The Balaban J connectivity index is 2.86. The van der Waals surface area contributed by atoms with Crippen LogP contribution >= 0.6 is 0 Å². The lowest BCUT2D eigenvalue weighted by atomic mass is 10.0. The number of ketones is 3. The lowest BCUT2D eigenvalue weighted by Crippen LogP contribution is -2.25. The SMILES string of the molecule is CC(=O)CCC(=O)C(=[N+]=[N-])C(=O)c1ccccc1. The molecule has 0 heterocycles. The molecule has 1 rings (SSSR count). The average molecular weight is 244 g/mol. The second kappa shape index (κ2) is 6.37. The van der Waals surface area contributed by atoms with Gasteiger partial charge in [-0.15, -0.1) is 0 Å². The fourth-order valence-electron chi connectivity index (χ4n) is 1.36. The molecule has 0 aromatic heterocycles. The summed E-state index contributed by atoms with van der Waals surface area (Å²) in [7, 11) is 0. The summed E-state index contributed by atoms with van der Waals surface area (Å²) in [4.78, 5) is 37.0. The van der Waals surface area contributed by atoms with Crippen LogP contribution in [0.5, 0.6) is 0 Å². The zero-order chi connectivity index (χ0) is 13.5. The van der Waals surface area contributed by atoms with Crippen molar-refractivity contribution in [3.63, 3.8) is 0 Å². The Morgan fingerprint density at radius 1 is 1.11 bits per heavy atom. The topological polar surface area (TPSA) is 87.6 Å². The van der Waals surface area contributed by atoms with Gasteiger partial charge in [0.25, 0.3) is 5.78 Å². The van der Waals surface area contributed by atoms with Gasteiger partial charge in [0.15, 0.2) is 0 Å². The van der Waals surface area contributed by atoms with Gasteiger partial charge in [0.1, 0.15) is 5.78 Å². The first-order valence-electron chi connectivity index (χ1n) is 5.40. The largest absolute Gasteiger partial charge is 0.405 e. The zero-order valence-electron chi connectivity index (χ0n) is 9.92. The summed E-state index contributed by atoms with van der Waals surface area (Å²) in [5, 5.41) is 0. The second-order valence-corrected chi connectivity index (χ2v) is 3.77. The molecule has 0 N–H and O–H groups in total. The molecule has 0 fully saturated rings. The number of carbonyl (C=O) groups is 3. The third kappa shape index (κ3) is 3.57. The molecule has 5 nitrogen and oxygen atoms in total. The van der Waals surface area contributed by atoms with Crippen LogP contribution < -0.4 is 0 Å². The van der Waals surface area contributed by atoms with E-state index in [0.717, 1.165) is 0 Å². The van der Waals surface area contributed by atoms with Gasteiger partial charge in [-0.2, -0.15) is 4.79 Å². The molecule has 0 unspecified atom stereocenters. The minimum Gasteiger partial charge on any atom is -0.360 e. The van der Waals surface area contributed by atoms with E-state index in [2.05, 4.69) is 4.79 Å². The molecule has 0 aliphatic heterocycles. The molecular formula is C13H12N2O3. The van der Waals surface area contributed by atoms with Gasteiger partial charge < -0.3 is 10.3 Å². The molecule has 0 radical (unpaired) electrons. The van der Waals surface area contributed by atoms with E-state index in [9.17, 15) is 14.4 Å². The summed E-state index contributed by atoms with van der Waals surface area (Å²) in [6, 6.07) is 8.05. The Morgan fingerprint density at radius 3 is 2.22 bits per heavy atom. The predicted octanol–water partition coefficient (Wildman–Crippen LogP) is 1.48. The highest BCUT2D eigenvalue weighted by Crippen LogP contribution is 2.03. The lowest BCUT2D eigenvalue weighted by molar-refractivity contribution is -0.121. The molecule has 1 aromatic rings. The summed E-state index contributed by atoms with van der Waals surface area (Å²) in [5.41, 5.74) is 8.48. The maximum absolute atomic E-state index is 11.9. The van der Waals surface area contributed by atoms with Crippen molar-refractivity contribution < 1.29 is 19.2 Å². The van der Waals surface area contributed by atoms with Crippen LogP contribution in [-0.2, 0) is 9.59 Å². The number of hydrogen-bond acceptors (Lipinski definition) is 3. The summed E-state index contributed by atoms with van der Waals surface area (Å²) in [6.45, 7) is 1.35. The maximum atomic E-state index is 11.9. The van der Waals surface area contributed by atoms with Crippen LogP contribution in [0.2, 0.25) is 0 Å². The molecule has 0 spiro atoms. The van der Waals surface area contributed by atoms with Crippen molar-refractivity contribution >= 4 is 23.1 Å². The molecule has 0 amide bonds. The molecule has 0 saturated heterocycles. The summed E-state index contributed by atoms with van der Waals surface area (Å²) >= 11 is 0. The minimum absolute atomic E-state index is 0.0277. The Labute approximate surface area is 104 Å². The van der Waals surface area contributed by atoms with Crippen LogP contribution in [0.4, 0.5) is 0 Å². The Hall–Kier alpha value is -2.39. The molecule has 0 saturated carbocycles. The fourth-order valence-corrected chi connectivity index (χ4v) is 1.36. The Kier molecular flexibility index (Phi) is 4.84. The van der Waals surface area contributed by atoms with Crippen molar-refractivity contribution in [1.82, 2.24) is 0 Å². The van der Waals surface area contributed by atoms with Gasteiger partial charge >= 0.3 is 5.71 Å². The van der Waals surface area contributed by atoms with E-state index in [-0.39, 0.29) is 24.2 Å². The fraction of sp³-hybridized carbons (Fsp3) is 0.231.